The van der Waals surface area contributed by atoms with Crippen LogP contribution in [0.1, 0.15) is 38.2 Å². The normalized spacial score (nSPS) is 18.2. The maximum Gasteiger partial charge on any atom is 0.276 e. The summed E-state index contributed by atoms with van der Waals surface area (Å²) in [6.07, 6.45) is -0.180. The number of rotatable bonds is 3. The van der Waals surface area contributed by atoms with Crippen molar-refractivity contribution in [3.05, 3.63) is 81.1 Å². The van der Waals surface area contributed by atoms with E-state index in [1.54, 1.807) is 38.7 Å². The van der Waals surface area contributed by atoms with Crippen LogP contribution in [0.4, 0.5) is 0 Å². The van der Waals surface area contributed by atoms with Crippen LogP contribution in [0.25, 0.3) is 0 Å². The second-order valence-corrected chi connectivity index (χ2v) is 8.89. The summed E-state index contributed by atoms with van der Waals surface area (Å²) < 4.78 is 7.73. The van der Waals surface area contributed by atoms with Crippen molar-refractivity contribution in [2.24, 2.45) is 0 Å². The lowest BCUT2D eigenvalue weighted by Gasteiger charge is -2.34. The lowest BCUT2D eigenvalue weighted by atomic mass is 10.1. The Bertz CT molecular complexity index is 1190. The molecule has 0 aliphatic carbocycles. The summed E-state index contributed by atoms with van der Waals surface area (Å²) in [5.74, 6) is -0.285. The first-order valence-corrected chi connectivity index (χ1v) is 11.4. The summed E-state index contributed by atoms with van der Waals surface area (Å²) in [4.78, 5) is 29.3. The van der Waals surface area contributed by atoms with Crippen molar-refractivity contribution in [3.63, 3.8) is 0 Å². The number of halogens is 2. The first-order valence-electron chi connectivity index (χ1n) is 10.6. The summed E-state index contributed by atoms with van der Waals surface area (Å²) in [5, 5.41) is 9.53. The molecule has 2 aliphatic heterocycles. The summed E-state index contributed by atoms with van der Waals surface area (Å²) in [7, 11) is 0. The second-order valence-electron chi connectivity index (χ2n) is 8.01. The number of fused-ring (bicyclic) bond motifs is 1. The van der Waals surface area contributed by atoms with E-state index in [0.29, 0.717) is 59.7 Å². The van der Waals surface area contributed by atoms with E-state index in [4.69, 9.17) is 27.9 Å². The average molecular weight is 486 g/mol. The van der Waals surface area contributed by atoms with Gasteiger partial charge in [0.1, 0.15) is 6.10 Å². The van der Waals surface area contributed by atoms with E-state index in [1.165, 1.54) is 0 Å². The molecule has 2 aromatic carbocycles. The number of hydrogen-bond donors (Lipinski definition) is 0. The Morgan fingerprint density at radius 1 is 0.909 bits per heavy atom. The molecule has 1 aromatic heterocycles. The molecule has 33 heavy (non-hydrogen) atoms. The fraction of sp³-hybridized carbons (Fsp3) is 0.304. The minimum atomic E-state index is -0.195. The van der Waals surface area contributed by atoms with Crippen molar-refractivity contribution in [1.82, 2.24) is 24.8 Å². The van der Waals surface area contributed by atoms with Crippen LogP contribution in [0, 0.1) is 0 Å². The number of amides is 2. The van der Waals surface area contributed by atoms with Crippen molar-refractivity contribution >= 4 is 35.0 Å². The molecule has 170 valence electrons. The topological polar surface area (TPSA) is 80.6 Å². The molecular formula is C23H21Cl2N5O3. The molecule has 0 radical (unpaired) electrons. The number of hydrogen-bond acceptors (Lipinski definition) is 5. The van der Waals surface area contributed by atoms with Crippen LogP contribution >= 0.6 is 23.2 Å². The van der Waals surface area contributed by atoms with Crippen molar-refractivity contribution in [3.8, 4) is 0 Å². The molecule has 1 saturated heterocycles. The third-order valence-electron chi connectivity index (χ3n) is 5.97. The van der Waals surface area contributed by atoms with Gasteiger partial charge in [-0.05, 0) is 35.9 Å². The Labute approximate surface area is 200 Å². The average Bonchev–Trinajstić information content (AvgIpc) is 3.27. The van der Waals surface area contributed by atoms with Gasteiger partial charge >= 0.3 is 0 Å². The van der Waals surface area contributed by atoms with E-state index in [-0.39, 0.29) is 24.5 Å². The highest BCUT2D eigenvalue weighted by atomic mass is 35.5. The Kier molecular flexibility index (Phi) is 6.05. The smallest absolute Gasteiger partial charge is 0.276 e. The summed E-state index contributed by atoms with van der Waals surface area (Å²) >= 11 is 12.0. The maximum atomic E-state index is 13.1. The number of carbonyl (C=O) groups excluding carboxylic acids is 2. The first-order chi connectivity index (χ1) is 16.0. The van der Waals surface area contributed by atoms with Crippen LogP contribution in [-0.2, 0) is 17.9 Å². The Balaban J connectivity index is 1.23. The molecule has 0 unspecified atom stereocenters. The summed E-state index contributed by atoms with van der Waals surface area (Å²) in [6.45, 7) is 2.44. The van der Waals surface area contributed by atoms with Gasteiger partial charge in [-0.25, -0.2) is 4.68 Å². The quantitative estimate of drug-likeness (QED) is 0.567. The maximum absolute atomic E-state index is 13.1. The highest BCUT2D eigenvalue weighted by Gasteiger charge is 2.32. The third kappa shape index (κ3) is 4.46. The molecule has 0 N–H and O–H groups in total. The van der Waals surface area contributed by atoms with Crippen molar-refractivity contribution < 1.29 is 14.3 Å². The number of carbonyl (C=O) groups is 2. The molecule has 8 nitrogen and oxygen atoms in total. The van der Waals surface area contributed by atoms with E-state index in [0.717, 1.165) is 5.56 Å². The van der Waals surface area contributed by atoms with Gasteiger partial charge in [0.05, 0.1) is 18.8 Å². The molecule has 1 atom stereocenters. The third-order valence-corrected chi connectivity index (χ3v) is 6.45. The zero-order valence-electron chi connectivity index (χ0n) is 17.7. The largest absolute Gasteiger partial charge is 0.365 e. The summed E-state index contributed by atoms with van der Waals surface area (Å²) in [5.41, 5.74) is 2.51. The molecule has 1 fully saturated rings. The molecule has 3 heterocycles. The van der Waals surface area contributed by atoms with Gasteiger partial charge in [0.15, 0.2) is 5.69 Å². The predicted molar refractivity (Wildman–Crippen MR) is 122 cm³/mol. The molecule has 2 amide bonds. The van der Waals surface area contributed by atoms with Gasteiger partial charge in [-0.1, -0.05) is 46.6 Å². The van der Waals surface area contributed by atoms with Crippen molar-refractivity contribution in [2.75, 3.05) is 26.2 Å². The molecule has 10 heteroatoms. The molecular weight excluding hydrogens is 465 g/mol. The van der Waals surface area contributed by atoms with Crippen LogP contribution in [-0.4, -0.2) is 62.8 Å². The van der Waals surface area contributed by atoms with Gasteiger partial charge in [-0.15, -0.1) is 5.10 Å². The molecule has 5 rings (SSSR count). The van der Waals surface area contributed by atoms with Crippen molar-refractivity contribution in [1.29, 1.82) is 0 Å². The number of aromatic nitrogens is 3. The lowest BCUT2D eigenvalue weighted by molar-refractivity contribution is -0.00202. The minimum Gasteiger partial charge on any atom is -0.365 e. The van der Waals surface area contributed by atoms with Crippen LogP contribution in [0.5, 0.6) is 0 Å². The number of ether oxygens (including phenoxy) is 1. The monoisotopic (exact) mass is 485 g/mol. The summed E-state index contributed by atoms with van der Waals surface area (Å²) in [6, 6.07) is 14.4. The zero-order chi connectivity index (χ0) is 22.9. The Morgan fingerprint density at radius 2 is 1.61 bits per heavy atom. The fourth-order valence-corrected chi connectivity index (χ4v) is 4.44. The molecule has 2 aliphatic rings. The molecule has 0 bridgehead atoms. The first kappa shape index (κ1) is 21.9. The van der Waals surface area contributed by atoms with E-state index >= 15 is 0 Å². The van der Waals surface area contributed by atoms with Gasteiger partial charge in [0.25, 0.3) is 11.8 Å². The van der Waals surface area contributed by atoms with Gasteiger partial charge < -0.3 is 14.5 Å². The Morgan fingerprint density at radius 3 is 2.30 bits per heavy atom. The van der Waals surface area contributed by atoms with Crippen LogP contribution in [0.3, 0.4) is 0 Å². The Hall–Kier alpha value is -2.94. The lowest BCUT2D eigenvalue weighted by Crippen LogP contribution is -2.50. The highest BCUT2D eigenvalue weighted by molar-refractivity contribution is 6.31. The molecule has 3 aromatic rings. The van der Waals surface area contributed by atoms with Gasteiger partial charge in [0.2, 0.25) is 0 Å². The van der Waals surface area contributed by atoms with Crippen molar-refractivity contribution in [2.45, 2.75) is 19.3 Å². The van der Waals surface area contributed by atoms with Gasteiger partial charge in [-0.3, -0.25) is 9.59 Å². The standard InChI is InChI=1S/C23H21Cl2N5O3/c24-17-6-4-15(5-7-17)20-13-30-19(14-33-20)21(26-27-30)23(32)29-10-8-28(9-11-29)22(31)16-2-1-3-18(25)12-16/h1-7,12,20H,8-11,13-14H2/t20-/m0/s1. The van der Waals surface area contributed by atoms with E-state index in [9.17, 15) is 9.59 Å². The highest BCUT2D eigenvalue weighted by Crippen LogP contribution is 2.28. The molecule has 0 spiro atoms. The number of piperazine rings is 1. The van der Waals surface area contributed by atoms with Gasteiger partial charge in [0, 0.05) is 41.8 Å². The van der Waals surface area contributed by atoms with Crippen LogP contribution < -0.4 is 0 Å². The number of benzene rings is 2. The zero-order valence-corrected chi connectivity index (χ0v) is 19.2. The van der Waals surface area contributed by atoms with E-state index in [2.05, 4.69) is 10.3 Å². The van der Waals surface area contributed by atoms with E-state index in [1.807, 2.05) is 24.3 Å². The SMILES string of the molecule is O=C(c1cccc(Cl)c1)N1CCN(C(=O)c2nnn3c2CO[C@H](c2ccc(Cl)cc2)C3)CC1. The fourth-order valence-electron chi connectivity index (χ4n) is 4.12. The minimum absolute atomic E-state index is 0.0905. The van der Waals surface area contributed by atoms with Crippen LogP contribution in [0.2, 0.25) is 10.0 Å². The second kappa shape index (κ2) is 9.13. The van der Waals surface area contributed by atoms with Gasteiger partial charge in [-0.2, -0.15) is 0 Å². The van der Waals surface area contributed by atoms with Crippen LogP contribution in [0.15, 0.2) is 48.5 Å². The van der Waals surface area contributed by atoms with E-state index < -0.39 is 0 Å². The predicted octanol–water partition coefficient (Wildman–Crippen LogP) is 3.45. The number of nitrogens with zero attached hydrogens (tertiary/aromatic N) is 5. The molecule has 0 saturated carbocycles.